The standard InChI is InChI=1S/C8H12N2O6S2.2Na/c1-9-5-3-6(10-2)8(18(12,13)14)4-7(5)17-16-15-11;;/h3-4,9-11H,1-2H3,(H,12,13,14);;/q;2*+1/p-2. The summed E-state index contributed by atoms with van der Waals surface area (Å²) in [5, 5.41) is 18.3. The first kappa shape index (κ1) is 23.2. The third-order valence-corrected chi connectivity index (χ3v) is 3.56. The van der Waals surface area contributed by atoms with Crippen LogP contribution in [0.3, 0.4) is 0 Å². The van der Waals surface area contributed by atoms with E-state index in [2.05, 4.69) is 20.0 Å². The Labute approximate surface area is 165 Å². The summed E-state index contributed by atoms with van der Waals surface area (Å²) in [6.07, 6.45) is 0. The summed E-state index contributed by atoms with van der Waals surface area (Å²) >= 11 is 0.493. The van der Waals surface area contributed by atoms with E-state index in [0.29, 0.717) is 17.7 Å². The molecule has 0 saturated heterocycles. The Morgan fingerprint density at radius 1 is 1.15 bits per heavy atom. The monoisotopic (exact) mass is 340 g/mol. The fourth-order valence-electron chi connectivity index (χ4n) is 1.28. The zero-order valence-corrected chi connectivity index (χ0v) is 17.1. The summed E-state index contributed by atoms with van der Waals surface area (Å²) < 4.78 is 37.3. The van der Waals surface area contributed by atoms with Crippen LogP contribution in [0.4, 0.5) is 11.4 Å². The molecular weight excluding hydrogens is 330 g/mol. The minimum absolute atomic E-state index is 0. The summed E-state index contributed by atoms with van der Waals surface area (Å²) in [4.78, 5) is -0.220. The molecule has 2 N–H and O–H groups in total. The molecule has 20 heavy (non-hydrogen) atoms. The van der Waals surface area contributed by atoms with Gasteiger partial charge in [-0.3, -0.25) is 5.04 Å². The molecule has 0 aromatic heterocycles. The predicted octanol–water partition coefficient (Wildman–Crippen LogP) is -6.09. The van der Waals surface area contributed by atoms with Crippen molar-refractivity contribution in [3.05, 3.63) is 12.1 Å². The van der Waals surface area contributed by atoms with Crippen molar-refractivity contribution in [2.75, 3.05) is 24.7 Å². The molecule has 102 valence electrons. The average Bonchev–Trinajstić information content (AvgIpc) is 2.34. The van der Waals surface area contributed by atoms with Gasteiger partial charge in [0, 0.05) is 14.1 Å². The van der Waals surface area contributed by atoms with Crippen molar-refractivity contribution in [2.24, 2.45) is 0 Å². The Hall–Kier alpha value is 0.960. The molecule has 0 saturated carbocycles. The van der Waals surface area contributed by atoms with Crippen molar-refractivity contribution in [1.29, 1.82) is 0 Å². The largest absolute Gasteiger partial charge is 1.00 e. The molecule has 1 rings (SSSR count). The van der Waals surface area contributed by atoms with Crippen molar-refractivity contribution in [3.8, 4) is 0 Å². The third kappa shape index (κ3) is 6.38. The molecule has 0 aliphatic rings. The van der Waals surface area contributed by atoms with Gasteiger partial charge < -0.3 is 20.4 Å². The quantitative estimate of drug-likeness (QED) is 0.171. The summed E-state index contributed by atoms with van der Waals surface area (Å²) in [7, 11) is -1.58. The van der Waals surface area contributed by atoms with Gasteiger partial charge in [-0.05, 0) is 12.1 Å². The van der Waals surface area contributed by atoms with E-state index in [1.165, 1.54) is 13.1 Å². The second kappa shape index (κ2) is 10.6. The van der Waals surface area contributed by atoms with E-state index in [4.69, 9.17) is 0 Å². The zero-order chi connectivity index (χ0) is 13.8. The van der Waals surface area contributed by atoms with Crippen LogP contribution >= 0.6 is 12.0 Å². The molecule has 0 bridgehead atoms. The van der Waals surface area contributed by atoms with Gasteiger partial charge in [0.2, 0.25) is 0 Å². The Morgan fingerprint density at radius 3 is 2.10 bits per heavy atom. The van der Waals surface area contributed by atoms with E-state index in [1.54, 1.807) is 7.05 Å². The minimum Gasteiger partial charge on any atom is -0.744 e. The van der Waals surface area contributed by atoms with Gasteiger partial charge in [0.15, 0.2) is 0 Å². The zero-order valence-electron chi connectivity index (χ0n) is 11.4. The Bertz CT molecular complexity index is 528. The van der Waals surface area contributed by atoms with Gasteiger partial charge in [-0.2, -0.15) is 4.33 Å². The summed E-state index contributed by atoms with van der Waals surface area (Å²) in [5.41, 5.74) is 0.607. The molecule has 0 aliphatic heterocycles. The second-order valence-electron chi connectivity index (χ2n) is 3.02. The van der Waals surface area contributed by atoms with Crippen molar-refractivity contribution in [2.45, 2.75) is 9.79 Å². The number of rotatable bonds is 6. The van der Waals surface area contributed by atoms with Crippen molar-refractivity contribution < 1.29 is 86.7 Å². The Balaban J connectivity index is 0. The van der Waals surface area contributed by atoms with Crippen LogP contribution in [0.5, 0.6) is 0 Å². The fourth-order valence-corrected chi connectivity index (χ4v) is 2.56. The van der Waals surface area contributed by atoms with Crippen LogP contribution in [-0.4, -0.2) is 27.1 Å². The average molecular weight is 340 g/mol. The smallest absolute Gasteiger partial charge is 0.744 e. The Kier molecular flexibility index (Phi) is 12.4. The molecule has 0 spiro atoms. The molecule has 1 aromatic rings. The molecule has 1 aromatic carbocycles. The van der Waals surface area contributed by atoms with E-state index in [-0.39, 0.29) is 69.7 Å². The number of benzene rings is 1. The van der Waals surface area contributed by atoms with Crippen LogP contribution in [0.25, 0.3) is 0 Å². The molecular formula is C8H10N2Na2O6S2. The van der Waals surface area contributed by atoms with Crippen LogP contribution in [0.2, 0.25) is 0 Å². The molecule has 0 atom stereocenters. The van der Waals surface area contributed by atoms with Gasteiger partial charge in [0.05, 0.1) is 33.2 Å². The molecule has 0 unspecified atom stereocenters. The minimum atomic E-state index is -4.65. The molecule has 0 radical (unpaired) electrons. The van der Waals surface area contributed by atoms with Crippen LogP contribution in [0.15, 0.2) is 21.9 Å². The first-order valence-electron chi connectivity index (χ1n) is 4.56. The van der Waals surface area contributed by atoms with E-state index >= 15 is 0 Å². The van der Waals surface area contributed by atoms with E-state index in [1.807, 2.05) is 0 Å². The maximum absolute atomic E-state index is 11.1. The fraction of sp³-hybridized carbons (Fsp3) is 0.250. The van der Waals surface area contributed by atoms with E-state index in [0.717, 1.165) is 6.07 Å². The van der Waals surface area contributed by atoms with Gasteiger partial charge in [0.25, 0.3) is 0 Å². The predicted molar refractivity (Wildman–Crippen MR) is 61.5 cm³/mol. The first-order valence-corrected chi connectivity index (χ1v) is 6.71. The molecule has 0 fully saturated rings. The molecule has 0 amide bonds. The van der Waals surface area contributed by atoms with E-state index in [9.17, 15) is 18.2 Å². The van der Waals surface area contributed by atoms with Gasteiger partial charge in [-0.1, -0.05) is 0 Å². The summed E-state index contributed by atoms with van der Waals surface area (Å²) in [6.45, 7) is 0. The number of nitrogens with one attached hydrogen (secondary N) is 2. The van der Waals surface area contributed by atoms with Gasteiger partial charge in [-0.15, -0.1) is 0 Å². The van der Waals surface area contributed by atoms with Gasteiger partial charge >= 0.3 is 59.1 Å². The maximum atomic E-state index is 11.1. The Morgan fingerprint density at radius 2 is 1.70 bits per heavy atom. The molecule has 12 heteroatoms. The number of hydrogen-bond acceptors (Lipinski definition) is 9. The molecule has 8 nitrogen and oxygen atoms in total. The molecule has 0 aliphatic carbocycles. The summed E-state index contributed by atoms with van der Waals surface area (Å²) in [5.74, 6) is 0. The SMILES string of the molecule is CNc1cc(NC)c(S(=O)(=O)[O-])cc1SOO[O-].[Na+].[Na+]. The van der Waals surface area contributed by atoms with Crippen molar-refractivity contribution >= 4 is 33.5 Å². The van der Waals surface area contributed by atoms with Crippen LogP contribution in [0, 0.1) is 0 Å². The topological polar surface area (TPSA) is 123 Å². The first-order chi connectivity index (χ1) is 8.43. The normalized spacial score (nSPS) is 10.2. The summed E-state index contributed by atoms with van der Waals surface area (Å²) in [6, 6.07) is 2.49. The van der Waals surface area contributed by atoms with E-state index < -0.39 is 15.0 Å². The number of hydrogen-bond donors (Lipinski definition) is 2. The van der Waals surface area contributed by atoms with Crippen LogP contribution in [0.1, 0.15) is 0 Å². The van der Waals surface area contributed by atoms with Crippen LogP contribution in [-0.2, 0) is 19.5 Å². The van der Waals surface area contributed by atoms with Crippen molar-refractivity contribution in [3.63, 3.8) is 0 Å². The van der Waals surface area contributed by atoms with Gasteiger partial charge in [-0.25, -0.2) is 8.42 Å². The molecule has 0 heterocycles. The van der Waals surface area contributed by atoms with Crippen molar-refractivity contribution in [1.82, 2.24) is 0 Å². The third-order valence-electron chi connectivity index (χ3n) is 2.04. The number of anilines is 2. The van der Waals surface area contributed by atoms with Crippen LogP contribution < -0.4 is 75.0 Å². The second-order valence-corrected chi connectivity index (χ2v) is 5.11. The van der Waals surface area contributed by atoms with Gasteiger partial charge in [0.1, 0.15) is 10.1 Å². The maximum Gasteiger partial charge on any atom is 1.00 e.